The summed E-state index contributed by atoms with van der Waals surface area (Å²) in [7, 11) is 0. The Labute approximate surface area is 340 Å². The molecule has 2 nitrogen and oxygen atoms in total. The summed E-state index contributed by atoms with van der Waals surface area (Å²) in [6.45, 7) is 0. The average Bonchev–Trinajstić information content (AvgIpc) is 2.02. The van der Waals surface area contributed by atoms with E-state index in [0.717, 1.165) is 6.07 Å². The molecule has 0 bridgehead atoms. The van der Waals surface area contributed by atoms with Crippen LogP contribution in [-0.2, 0) is 0 Å². The summed E-state index contributed by atoms with van der Waals surface area (Å²) >= 11 is 0. The van der Waals surface area contributed by atoms with E-state index in [4.69, 9.17) is 34.9 Å². The van der Waals surface area contributed by atoms with Gasteiger partial charge in [0.05, 0.1) is 45.3 Å². The van der Waals surface area contributed by atoms with Gasteiger partial charge < -0.3 is 8.83 Å². The minimum absolute atomic E-state index is 0.462. The fourth-order valence-electron chi connectivity index (χ4n) is 6.55. The number of para-hydroxylation sites is 1. The van der Waals surface area contributed by atoms with E-state index >= 15 is 0 Å². The summed E-state index contributed by atoms with van der Waals surface area (Å²) in [4.78, 5) is 0. The summed E-state index contributed by atoms with van der Waals surface area (Å²) in [5.41, 5.74) is -7.31. The van der Waals surface area contributed by atoms with Crippen LogP contribution in [0.1, 0.15) is 39.8 Å². The molecule has 2 heteroatoms. The molecule has 0 unspecified atom stereocenters. The van der Waals surface area contributed by atoms with Gasteiger partial charge in [0.2, 0.25) is 0 Å². The Balaban J connectivity index is 1.56. The van der Waals surface area contributed by atoms with Gasteiger partial charge in [-0.1, -0.05) is 163 Å². The molecule has 0 aliphatic carbocycles. The molecule has 0 radical (unpaired) electrons. The lowest BCUT2D eigenvalue weighted by molar-refractivity contribution is 0.630. The molecule has 0 fully saturated rings. The highest BCUT2D eigenvalue weighted by molar-refractivity contribution is 6.29. The maximum Gasteiger partial charge on any atom is 0.147 e. The fraction of sp³-hybridized carbons (Fsp3) is 0. The number of furan rings is 2. The highest BCUT2D eigenvalue weighted by Crippen LogP contribution is 2.52. The third kappa shape index (κ3) is 4.25. The minimum Gasteiger partial charge on any atom is -0.455 e. The van der Waals surface area contributed by atoms with Gasteiger partial charge in [-0.3, -0.25) is 0 Å². The first-order chi connectivity index (χ1) is 37.9. The standard InChI is InChI=1S/C50H30O2/c1-3-16-32(17-4-1)44-37-22-9-11-24-39(37)46(40-25-12-10-23-38(40)44)47-49-41(36-21-13-14-26-43(36)51-49)30-42-45(33-18-5-2-6-19-33)48(52-50(42)47)35-28-27-31-15-7-8-20-34(31)29-35/h1-30H/i1D,2D,3D,4D,5D,6D,7D,8D,9D,10D,11D,12D,13D,14D,15D,16D,17D,18D,19D,20D,21D,22D,23D,24D,25D,26D,27D,29D,30D. The second kappa shape index (κ2) is 11.3. The number of fused-ring (bicyclic) bond motifs is 7. The topological polar surface area (TPSA) is 26.3 Å². The molecular weight excluding hydrogens is 633 g/mol. The van der Waals surface area contributed by atoms with Gasteiger partial charge in [-0.05, 0) is 67.1 Å². The second-order valence-corrected chi connectivity index (χ2v) is 11.3. The van der Waals surface area contributed by atoms with Crippen LogP contribution >= 0.6 is 0 Å². The molecule has 242 valence electrons. The van der Waals surface area contributed by atoms with Gasteiger partial charge in [0.1, 0.15) is 22.5 Å². The SMILES string of the molecule is [2H]c1c([2H])c([2H])c(-c2c(-c3cc([2H])c4c([2H])c([2H])c([2H])c([2H])c4c3[2H])oc3c(-c4c5c([2H])c([2H])c([2H])c([2H])c5c(-c5c([2H])c([2H])c([2H])c([2H])c5[2H])c5c([2H])c([2H])c([2H])c([2H])c45)c4oc5c([2H])c([2H])c([2H])c([2H])c5c4c([2H])c23)c([2H])c1[2H]. The Morgan fingerprint density at radius 1 is 0.327 bits per heavy atom. The predicted octanol–water partition coefficient (Wildman–Crippen LogP) is 14.5. The van der Waals surface area contributed by atoms with Gasteiger partial charge in [0.15, 0.2) is 0 Å². The third-order valence-electron chi connectivity index (χ3n) is 8.62. The second-order valence-electron chi connectivity index (χ2n) is 11.3. The van der Waals surface area contributed by atoms with Gasteiger partial charge in [-0.2, -0.15) is 0 Å². The Hall–Kier alpha value is -6.90. The maximum atomic E-state index is 10.2. The first kappa shape index (κ1) is 12.4. The molecule has 11 rings (SSSR count). The van der Waals surface area contributed by atoms with Crippen molar-refractivity contribution in [3.05, 3.63) is 181 Å². The third-order valence-corrected chi connectivity index (χ3v) is 8.62. The highest BCUT2D eigenvalue weighted by Gasteiger charge is 2.28. The van der Waals surface area contributed by atoms with Crippen molar-refractivity contribution in [2.45, 2.75) is 0 Å². The van der Waals surface area contributed by atoms with Crippen LogP contribution in [0.2, 0.25) is 0 Å². The van der Waals surface area contributed by atoms with Crippen LogP contribution in [0.4, 0.5) is 0 Å². The van der Waals surface area contributed by atoms with Crippen molar-refractivity contribution in [1.29, 1.82) is 0 Å². The zero-order chi connectivity index (χ0) is 59.4. The van der Waals surface area contributed by atoms with E-state index < -0.39 is 285 Å². The lowest BCUT2D eigenvalue weighted by Crippen LogP contribution is -1.91. The summed E-state index contributed by atoms with van der Waals surface area (Å²) in [6, 6.07) is -26.0. The minimum atomic E-state index is -1.03. The van der Waals surface area contributed by atoms with Gasteiger partial charge in [-0.15, -0.1) is 0 Å². The average molecular weight is 692 g/mol. The van der Waals surface area contributed by atoms with E-state index in [-0.39, 0.29) is 0 Å². The molecule has 0 N–H and O–H groups in total. The largest absolute Gasteiger partial charge is 0.455 e. The molecule has 0 saturated heterocycles. The zero-order valence-corrected chi connectivity index (χ0v) is 25.9. The number of benzene rings is 9. The highest BCUT2D eigenvalue weighted by atomic mass is 16.3. The molecule has 9 aromatic carbocycles. The maximum absolute atomic E-state index is 10.2. The Morgan fingerprint density at radius 2 is 0.846 bits per heavy atom. The lowest BCUT2D eigenvalue weighted by Gasteiger charge is -2.18. The van der Waals surface area contributed by atoms with Crippen LogP contribution in [0, 0.1) is 0 Å². The van der Waals surface area contributed by atoms with Crippen LogP contribution in [0.25, 0.3) is 110 Å². The van der Waals surface area contributed by atoms with Gasteiger partial charge in [-0.25, -0.2) is 0 Å². The fourth-order valence-corrected chi connectivity index (χ4v) is 6.55. The number of hydrogen-bond donors (Lipinski definition) is 0. The van der Waals surface area contributed by atoms with Crippen molar-refractivity contribution in [2.24, 2.45) is 0 Å². The molecule has 2 aromatic heterocycles. The molecule has 11 aromatic rings. The van der Waals surface area contributed by atoms with Crippen molar-refractivity contribution >= 4 is 65.2 Å². The molecule has 0 atom stereocenters. The molecule has 0 aliphatic heterocycles. The molecule has 52 heavy (non-hydrogen) atoms. The van der Waals surface area contributed by atoms with Crippen molar-refractivity contribution in [2.75, 3.05) is 0 Å². The summed E-state index contributed by atoms with van der Waals surface area (Å²) in [6.07, 6.45) is 0. The van der Waals surface area contributed by atoms with Crippen molar-refractivity contribution in [1.82, 2.24) is 0 Å². The lowest BCUT2D eigenvalue weighted by atomic mass is 9.85. The first-order valence-corrected chi connectivity index (χ1v) is 15.4. The predicted molar refractivity (Wildman–Crippen MR) is 218 cm³/mol. The number of rotatable bonds is 4. The van der Waals surface area contributed by atoms with Crippen LogP contribution in [0.3, 0.4) is 0 Å². The van der Waals surface area contributed by atoms with E-state index in [9.17, 15) is 13.7 Å². The van der Waals surface area contributed by atoms with Crippen LogP contribution in [0.15, 0.2) is 190 Å². The Kier molecular flexibility index (Phi) is 2.70. The molecular formula is C50H30O2. The van der Waals surface area contributed by atoms with E-state index in [0.29, 0.717) is 0 Å². The van der Waals surface area contributed by atoms with E-state index in [2.05, 4.69) is 0 Å². The van der Waals surface area contributed by atoms with Gasteiger partial charge in [0, 0.05) is 32.8 Å². The first-order valence-electron chi connectivity index (χ1n) is 29.9. The molecule has 0 amide bonds. The Morgan fingerprint density at radius 3 is 1.52 bits per heavy atom. The van der Waals surface area contributed by atoms with E-state index in [1.165, 1.54) is 0 Å². The van der Waals surface area contributed by atoms with Crippen LogP contribution < -0.4 is 0 Å². The van der Waals surface area contributed by atoms with Crippen molar-refractivity contribution in [3.8, 4) is 44.7 Å². The quantitative estimate of drug-likeness (QED) is 0.172. The Bertz CT molecular complexity index is 4720. The van der Waals surface area contributed by atoms with Crippen LogP contribution in [-0.4, -0.2) is 0 Å². The zero-order valence-electron chi connectivity index (χ0n) is 54.9. The molecule has 0 saturated carbocycles. The molecule has 2 heterocycles. The number of hydrogen-bond acceptors (Lipinski definition) is 2. The summed E-state index contributed by atoms with van der Waals surface area (Å²) in [5.74, 6) is -0.780. The van der Waals surface area contributed by atoms with Crippen LogP contribution in [0.5, 0.6) is 0 Å². The summed E-state index contributed by atoms with van der Waals surface area (Å²) < 4.78 is 276. The van der Waals surface area contributed by atoms with Crippen molar-refractivity contribution in [3.63, 3.8) is 0 Å². The van der Waals surface area contributed by atoms with Gasteiger partial charge >= 0.3 is 0 Å². The van der Waals surface area contributed by atoms with E-state index in [1.54, 1.807) is 0 Å². The normalized spacial score (nSPS) is 19.7. The van der Waals surface area contributed by atoms with Gasteiger partial charge in [0.25, 0.3) is 0 Å². The van der Waals surface area contributed by atoms with Crippen molar-refractivity contribution < 1.29 is 48.6 Å². The molecule has 0 spiro atoms. The summed E-state index contributed by atoms with van der Waals surface area (Å²) in [5, 5.41) is -5.95. The van der Waals surface area contributed by atoms with E-state index in [1.807, 2.05) is 0 Å². The smallest absolute Gasteiger partial charge is 0.147 e. The molecule has 0 aliphatic rings. The monoisotopic (exact) mass is 691 g/mol.